The number of ether oxygens (including phenoxy) is 1. The monoisotopic (exact) mass is 297 g/mol. The molecule has 0 bridgehead atoms. The Hall–Kier alpha value is -1.40. The molecule has 0 aliphatic carbocycles. The van der Waals surface area contributed by atoms with Gasteiger partial charge in [0.05, 0.1) is 23.9 Å². The summed E-state index contributed by atoms with van der Waals surface area (Å²) in [4.78, 5) is 13.9. The first-order valence-electron chi connectivity index (χ1n) is 6.64. The molecule has 0 aromatic heterocycles. The number of sulfone groups is 1. The quantitative estimate of drug-likeness (QED) is 0.832. The second kappa shape index (κ2) is 6.37. The average Bonchev–Trinajstić information content (AvgIpc) is 2.46. The van der Waals surface area contributed by atoms with Crippen LogP contribution in [0.2, 0.25) is 0 Å². The zero-order valence-corrected chi connectivity index (χ0v) is 12.4. The number of benzene rings is 1. The summed E-state index contributed by atoms with van der Waals surface area (Å²) >= 11 is 0. The third-order valence-electron chi connectivity index (χ3n) is 3.33. The topological polar surface area (TPSA) is 63.7 Å². The van der Waals surface area contributed by atoms with E-state index < -0.39 is 9.84 Å². The summed E-state index contributed by atoms with van der Waals surface area (Å²) in [7, 11) is -3.39. The van der Waals surface area contributed by atoms with E-state index in [1.54, 1.807) is 29.2 Å². The molecule has 0 spiro atoms. The fourth-order valence-corrected chi connectivity index (χ4v) is 3.29. The van der Waals surface area contributed by atoms with Crippen LogP contribution in [0.4, 0.5) is 0 Å². The zero-order chi connectivity index (χ0) is 14.6. The lowest BCUT2D eigenvalue weighted by Gasteiger charge is -2.26. The predicted molar refractivity (Wildman–Crippen MR) is 75.2 cm³/mol. The van der Waals surface area contributed by atoms with E-state index in [1.165, 1.54) is 0 Å². The first kappa shape index (κ1) is 15.0. The fourth-order valence-electron chi connectivity index (χ4n) is 2.06. The van der Waals surface area contributed by atoms with Crippen molar-refractivity contribution in [2.24, 2.45) is 0 Å². The van der Waals surface area contributed by atoms with Gasteiger partial charge in [-0.05, 0) is 19.1 Å². The van der Waals surface area contributed by atoms with Gasteiger partial charge in [-0.2, -0.15) is 0 Å². The molecule has 1 amide bonds. The van der Waals surface area contributed by atoms with E-state index in [0.717, 1.165) is 5.56 Å². The Labute approximate surface area is 119 Å². The Kier molecular flexibility index (Phi) is 4.77. The van der Waals surface area contributed by atoms with Crippen molar-refractivity contribution >= 4 is 15.7 Å². The molecule has 1 fully saturated rings. The van der Waals surface area contributed by atoms with Gasteiger partial charge in [0.2, 0.25) is 5.91 Å². The number of carbonyl (C=O) groups excluding carboxylic acids is 1. The average molecular weight is 297 g/mol. The number of rotatable bonds is 4. The lowest BCUT2D eigenvalue weighted by molar-refractivity contribution is -0.134. The highest BCUT2D eigenvalue weighted by Gasteiger charge is 2.21. The Morgan fingerprint density at radius 1 is 1.20 bits per heavy atom. The molecule has 1 aromatic rings. The second-order valence-corrected chi connectivity index (χ2v) is 6.98. The number of amides is 1. The lowest BCUT2D eigenvalue weighted by atomic mass is 10.2. The first-order chi connectivity index (χ1) is 9.49. The molecule has 0 N–H and O–H groups in total. The van der Waals surface area contributed by atoms with Crippen LogP contribution in [0.5, 0.6) is 0 Å². The smallest absolute Gasteiger partial charge is 0.223 e. The SMILES string of the molecule is Cc1ccc(S(=O)(=O)CCC(=O)N2CCOCC2)cc1. The largest absolute Gasteiger partial charge is 0.378 e. The molecule has 1 saturated heterocycles. The first-order valence-corrected chi connectivity index (χ1v) is 8.29. The maximum Gasteiger partial charge on any atom is 0.223 e. The van der Waals surface area contributed by atoms with E-state index in [4.69, 9.17) is 4.74 Å². The van der Waals surface area contributed by atoms with Crippen LogP contribution < -0.4 is 0 Å². The minimum Gasteiger partial charge on any atom is -0.378 e. The van der Waals surface area contributed by atoms with Crippen LogP contribution >= 0.6 is 0 Å². The van der Waals surface area contributed by atoms with Gasteiger partial charge in [0.15, 0.2) is 9.84 Å². The van der Waals surface area contributed by atoms with Gasteiger partial charge in [-0.25, -0.2) is 8.42 Å². The maximum absolute atomic E-state index is 12.1. The number of hydrogen-bond acceptors (Lipinski definition) is 4. The summed E-state index contributed by atoms with van der Waals surface area (Å²) in [6.07, 6.45) is 0.0240. The van der Waals surface area contributed by atoms with Crippen molar-refractivity contribution in [2.75, 3.05) is 32.1 Å². The van der Waals surface area contributed by atoms with Crippen LogP contribution in [0.3, 0.4) is 0 Å². The van der Waals surface area contributed by atoms with Crippen LogP contribution in [0.15, 0.2) is 29.2 Å². The maximum atomic E-state index is 12.1. The number of hydrogen-bond donors (Lipinski definition) is 0. The van der Waals surface area contributed by atoms with E-state index in [1.807, 2.05) is 6.92 Å². The van der Waals surface area contributed by atoms with Crippen LogP contribution in [-0.4, -0.2) is 51.3 Å². The van der Waals surface area contributed by atoms with E-state index in [-0.39, 0.29) is 23.0 Å². The summed E-state index contributed by atoms with van der Waals surface area (Å²) < 4.78 is 29.4. The van der Waals surface area contributed by atoms with Crippen molar-refractivity contribution in [3.8, 4) is 0 Å². The van der Waals surface area contributed by atoms with Gasteiger partial charge in [0.25, 0.3) is 0 Å². The summed E-state index contributed by atoms with van der Waals surface area (Å²) in [5, 5.41) is 0. The number of aryl methyl sites for hydroxylation is 1. The van der Waals surface area contributed by atoms with Crippen molar-refractivity contribution in [3.63, 3.8) is 0 Å². The molecule has 1 aromatic carbocycles. The number of carbonyl (C=O) groups is 1. The second-order valence-electron chi connectivity index (χ2n) is 4.88. The number of morpholine rings is 1. The van der Waals surface area contributed by atoms with Gasteiger partial charge in [-0.3, -0.25) is 4.79 Å². The summed E-state index contributed by atoms with van der Waals surface area (Å²) in [5.74, 6) is -0.268. The minimum atomic E-state index is -3.39. The summed E-state index contributed by atoms with van der Waals surface area (Å²) in [6, 6.07) is 6.70. The van der Waals surface area contributed by atoms with Gasteiger partial charge < -0.3 is 9.64 Å². The van der Waals surface area contributed by atoms with Crippen molar-refractivity contribution in [2.45, 2.75) is 18.2 Å². The van der Waals surface area contributed by atoms with Crippen molar-refractivity contribution in [3.05, 3.63) is 29.8 Å². The van der Waals surface area contributed by atoms with Crippen molar-refractivity contribution < 1.29 is 17.9 Å². The van der Waals surface area contributed by atoms with Crippen LogP contribution in [0.1, 0.15) is 12.0 Å². The minimum absolute atomic E-state index is 0.0240. The normalized spacial score (nSPS) is 16.1. The molecule has 110 valence electrons. The molecule has 0 saturated carbocycles. The molecule has 6 heteroatoms. The van der Waals surface area contributed by atoms with Gasteiger partial charge in [-0.1, -0.05) is 17.7 Å². The lowest BCUT2D eigenvalue weighted by Crippen LogP contribution is -2.41. The third-order valence-corrected chi connectivity index (χ3v) is 5.06. The van der Waals surface area contributed by atoms with Crippen molar-refractivity contribution in [1.82, 2.24) is 4.90 Å². The molecule has 1 aliphatic rings. The van der Waals surface area contributed by atoms with Crippen molar-refractivity contribution in [1.29, 1.82) is 0 Å². The number of nitrogens with zero attached hydrogens (tertiary/aromatic N) is 1. The highest BCUT2D eigenvalue weighted by molar-refractivity contribution is 7.91. The summed E-state index contributed by atoms with van der Waals surface area (Å²) in [5.41, 5.74) is 1.01. The van der Waals surface area contributed by atoms with Gasteiger partial charge in [0, 0.05) is 19.5 Å². The molecule has 1 heterocycles. The highest BCUT2D eigenvalue weighted by atomic mass is 32.2. The predicted octanol–water partition coefficient (Wildman–Crippen LogP) is 1.02. The van der Waals surface area contributed by atoms with E-state index in [0.29, 0.717) is 26.3 Å². The molecule has 0 atom stereocenters. The van der Waals surface area contributed by atoms with E-state index >= 15 is 0 Å². The molecule has 5 nitrogen and oxygen atoms in total. The Morgan fingerprint density at radius 2 is 1.80 bits per heavy atom. The molecule has 0 radical (unpaired) electrons. The molecular weight excluding hydrogens is 278 g/mol. The van der Waals surface area contributed by atoms with Gasteiger partial charge in [0.1, 0.15) is 0 Å². The molecule has 1 aliphatic heterocycles. The Balaban J connectivity index is 1.95. The standard InChI is InChI=1S/C14H19NO4S/c1-12-2-4-13(5-3-12)20(17,18)11-6-14(16)15-7-9-19-10-8-15/h2-5H,6-11H2,1H3. The molecule has 2 rings (SSSR count). The van der Waals surface area contributed by atoms with Gasteiger partial charge in [-0.15, -0.1) is 0 Å². The molecule has 0 unspecified atom stereocenters. The van der Waals surface area contributed by atoms with Crippen LogP contribution in [0, 0.1) is 6.92 Å². The third kappa shape index (κ3) is 3.80. The summed E-state index contributed by atoms with van der Waals surface area (Å²) in [6.45, 7) is 4.04. The Morgan fingerprint density at radius 3 is 2.40 bits per heavy atom. The molecular formula is C14H19NO4S. The van der Waals surface area contributed by atoms with Gasteiger partial charge >= 0.3 is 0 Å². The van der Waals surface area contributed by atoms with E-state index in [2.05, 4.69) is 0 Å². The van der Waals surface area contributed by atoms with Crippen LogP contribution in [-0.2, 0) is 19.4 Å². The van der Waals surface area contributed by atoms with E-state index in [9.17, 15) is 13.2 Å². The molecule has 20 heavy (non-hydrogen) atoms. The van der Waals surface area contributed by atoms with Crippen LogP contribution in [0.25, 0.3) is 0 Å². The zero-order valence-electron chi connectivity index (χ0n) is 11.5. The Bertz CT molecular complexity index is 559. The fraction of sp³-hybridized carbons (Fsp3) is 0.500. The highest BCUT2D eigenvalue weighted by Crippen LogP contribution is 2.13.